The van der Waals surface area contributed by atoms with Crippen LogP contribution < -0.4 is 10.2 Å². The molecule has 0 aliphatic rings. The fourth-order valence-corrected chi connectivity index (χ4v) is 2.84. The van der Waals surface area contributed by atoms with Gasteiger partial charge in [0.2, 0.25) is 5.91 Å². The Morgan fingerprint density at radius 3 is 2.79 bits per heavy atom. The van der Waals surface area contributed by atoms with Gasteiger partial charge in [-0.15, -0.1) is 11.3 Å². The maximum atomic E-state index is 11.9. The molecular formula is C17H23N3O3S. The maximum absolute atomic E-state index is 11.9. The lowest BCUT2D eigenvalue weighted by molar-refractivity contribution is -0.125. The minimum absolute atomic E-state index is 0.158. The zero-order valence-corrected chi connectivity index (χ0v) is 15.0. The molecule has 1 aromatic heterocycles. The van der Waals surface area contributed by atoms with Crippen molar-refractivity contribution < 1.29 is 14.6 Å². The van der Waals surface area contributed by atoms with Gasteiger partial charge in [0.05, 0.1) is 18.2 Å². The van der Waals surface area contributed by atoms with E-state index in [2.05, 4.69) is 10.4 Å². The summed E-state index contributed by atoms with van der Waals surface area (Å²) in [5.41, 5.74) is 4.60. The fraction of sp³-hybridized carbons (Fsp3) is 0.412. The van der Waals surface area contributed by atoms with E-state index in [-0.39, 0.29) is 12.3 Å². The van der Waals surface area contributed by atoms with Gasteiger partial charge in [0.1, 0.15) is 17.4 Å². The molecule has 1 aromatic carbocycles. The number of rotatable bonds is 8. The molecule has 0 aliphatic carbocycles. The first-order valence-corrected chi connectivity index (χ1v) is 8.62. The summed E-state index contributed by atoms with van der Waals surface area (Å²) < 4.78 is 5.69. The summed E-state index contributed by atoms with van der Waals surface area (Å²) in [4.78, 5) is 16.3. The average molecular weight is 349 g/mol. The molecule has 0 spiro atoms. The molecule has 0 aliphatic heterocycles. The van der Waals surface area contributed by atoms with E-state index >= 15 is 0 Å². The molecule has 7 heteroatoms. The molecule has 0 radical (unpaired) electrons. The van der Waals surface area contributed by atoms with Crippen molar-refractivity contribution in [1.29, 1.82) is 0 Å². The Morgan fingerprint density at radius 1 is 1.42 bits per heavy atom. The zero-order valence-electron chi connectivity index (χ0n) is 14.2. The highest BCUT2D eigenvalue weighted by Crippen LogP contribution is 2.16. The van der Waals surface area contributed by atoms with Gasteiger partial charge >= 0.3 is 0 Å². The van der Waals surface area contributed by atoms with Crippen LogP contribution in [-0.4, -0.2) is 40.7 Å². The standard InChI is InChI=1S/C17H23N3O3S/c1-12-4-6-15(7-5-12)23-10-17-18-14(11-24-17)8-16(22)19-20(3)9-13(2)21/h4-7,11,13,21H,8-10H2,1-3H3,(H,19,22). The van der Waals surface area contributed by atoms with E-state index in [0.29, 0.717) is 18.8 Å². The van der Waals surface area contributed by atoms with Crippen molar-refractivity contribution in [1.82, 2.24) is 15.4 Å². The van der Waals surface area contributed by atoms with Crippen LogP contribution in [0, 0.1) is 6.92 Å². The lowest BCUT2D eigenvalue weighted by atomic mass is 10.2. The Morgan fingerprint density at radius 2 is 2.12 bits per heavy atom. The molecule has 0 saturated heterocycles. The smallest absolute Gasteiger partial charge is 0.240 e. The number of hydrogen-bond donors (Lipinski definition) is 2. The molecule has 1 amide bonds. The van der Waals surface area contributed by atoms with Crippen LogP contribution >= 0.6 is 11.3 Å². The summed E-state index contributed by atoms with van der Waals surface area (Å²) >= 11 is 1.47. The molecule has 2 aromatic rings. The largest absolute Gasteiger partial charge is 0.486 e. The van der Waals surface area contributed by atoms with Crippen molar-refractivity contribution in [3.8, 4) is 5.75 Å². The van der Waals surface area contributed by atoms with E-state index in [1.807, 2.05) is 36.6 Å². The molecule has 6 nitrogen and oxygen atoms in total. The van der Waals surface area contributed by atoms with Crippen LogP contribution in [0.4, 0.5) is 0 Å². The molecule has 0 fully saturated rings. The van der Waals surface area contributed by atoms with Crippen molar-refractivity contribution in [2.45, 2.75) is 33.0 Å². The first-order valence-electron chi connectivity index (χ1n) is 7.74. The molecule has 1 heterocycles. The van der Waals surface area contributed by atoms with Gasteiger partial charge in [0, 0.05) is 19.0 Å². The van der Waals surface area contributed by atoms with E-state index in [1.54, 1.807) is 19.0 Å². The highest BCUT2D eigenvalue weighted by atomic mass is 32.1. The van der Waals surface area contributed by atoms with Crippen LogP contribution in [0.2, 0.25) is 0 Å². The van der Waals surface area contributed by atoms with Crippen molar-refractivity contribution in [3.05, 3.63) is 45.9 Å². The van der Waals surface area contributed by atoms with Gasteiger partial charge in [-0.3, -0.25) is 10.2 Å². The maximum Gasteiger partial charge on any atom is 0.240 e. The van der Waals surface area contributed by atoms with E-state index in [1.165, 1.54) is 16.9 Å². The van der Waals surface area contributed by atoms with E-state index in [9.17, 15) is 9.90 Å². The van der Waals surface area contributed by atoms with Gasteiger partial charge < -0.3 is 9.84 Å². The molecule has 1 unspecified atom stereocenters. The number of ether oxygens (including phenoxy) is 1. The Balaban J connectivity index is 1.80. The van der Waals surface area contributed by atoms with E-state index in [4.69, 9.17) is 4.74 Å². The van der Waals surface area contributed by atoms with Gasteiger partial charge in [0.25, 0.3) is 0 Å². The highest BCUT2D eigenvalue weighted by Gasteiger charge is 2.11. The number of carbonyl (C=O) groups excluding carboxylic acids is 1. The number of hydrogen-bond acceptors (Lipinski definition) is 6. The first-order chi connectivity index (χ1) is 11.4. The normalized spacial score (nSPS) is 12.2. The lowest BCUT2D eigenvalue weighted by Crippen LogP contribution is -2.43. The van der Waals surface area contributed by atoms with Gasteiger partial charge in [-0.1, -0.05) is 17.7 Å². The molecule has 0 saturated carbocycles. The number of likely N-dealkylation sites (N-methyl/N-ethyl adjacent to an activating group) is 1. The van der Waals surface area contributed by atoms with Crippen LogP contribution in [0.5, 0.6) is 5.75 Å². The fourth-order valence-electron chi connectivity index (χ4n) is 2.13. The van der Waals surface area contributed by atoms with Crippen molar-refractivity contribution in [2.24, 2.45) is 0 Å². The molecule has 130 valence electrons. The number of aliphatic hydroxyl groups is 1. The van der Waals surface area contributed by atoms with E-state index < -0.39 is 6.10 Å². The van der Waals surface area contributed by atoms with Crippen LogP contribution in [-0.2, 0) is 17.8 Å². The molecule has 2 rings (SSSR count). The number of benzene rings is 1. The van der Waals surface area contributed by atoms with Gasteiger partial charge in [-0.05, 0) is 26.0 Å². The molecule has 0 bridgehead atoms. The number of carbonyl (C=O) groups is 1. The minimum Gasteiger partial charge on any atom is -0.486 e. The Hall–Kier alpha value is -1.96. The monoisotopic (exact) mass is 349 g/mol. The summed E-state index contributed by atoms with van der Waals surface area (Å²) in [7, 11) is 1.71. The van der Waals surface area contributed by atoms with E-state index in [0.717, 1.165) is 10.8 Å². The average Bonchev–Trinajstić information content (AvgIpc) is 2.93. The second-order valence-electron chi connectivity index (χ2n) is 5.78. The first kappa shape index (κ1) is 18.4. The van der Waals surface area contributed by atoms with Crippen molar-refractivity contribution in [3.63, 3.8) is 0 Å². The SMILES string of the molecule is Cc1ccc(OCc2nc(CC(=O)NN(C)CC(C)O)cs2)cc1. The quantitative estimate of drug-likeness (QED) is 0.712. The number of nitrogens with one attached hydrogen (secondary N) is 1. The molecule has 1 atom stereocenters. The topological polar surface area (TPSA) is 74.7 Å². The summed E-state index contributed by atoms with van der Waals surface area (Å²) in [6.07, 6.45) is -0.300. The number of aliphatic hydroxyl groups excluding tert-OH is 1. The highest BCUT2D eigenvalue weighted by molar-refractivity contribution is 7.09. The molecule has 24 heavy (non-hydrogen) atoms. The number of thiazole rings is 1. The molecular weight excluding hydrogens is 326 g/mol. The van der Waals surface area contributed by atoms with Gasteiger partial charge in [-0.2, -0.15) is 0 Å². The number of amides is 1. The van der Waals surface area contributed by atoms with Crippen LogP contribution in [0.1, 0.15) is 23.2 Å². The van der Waals surface area contributed by atoms with Crippen molar-refractivity contribution >= 4 is 17.2 Å². The Labute approximate surface area is 146 Å². The summed E-state index contributed by atoms with van der Waals surface area (Å²) in [5.74, 6) is 0.643. The Bertz CT molecular complexity index is 655. The Kier molecular flexibility index (Phi) is 6.72. The number of aryl methyl sites for hydroxylation is 1. The van der Waals surface area contributed by atoms with Crippen LogP contribution in [0.25, 0.3) is 0 Å². The zero-order chi connectivity index (χ0) is 17.5. The number of nitrogens with zero attached hydrogens (tertiary/aromatic N) is 2. The predicted molar refractivity (Wildman–Crippen MR) is 93.8 cm³/mol. The second kappa shape index (κ2) is 8.77. The lowest BCUT2D eigenvalue weighted by Gasteiger charge is -2.18. The predicted octanol–water partition coefficient (Wildman–Crippen LogP) is 1.92. The minimum atomic E-state index is -0.500. The van der Waals surface area contributed by atoms with Crippen molar-refractivity contribution in [2.75, 3.05) is 13.6 Å². The number of aromatic nitrogens is 1. The summed E-state index contributed by atoms with van der Waals surface area (Å²) in [6, 6.07) is 7.85. The third-order valence-electron chi connectivity index (χ3n) is 3.18. The second-order valence-corrected chi connectivity index (χ2v) is 6.72. The van der Waals surface area contributed by atoms with Gasteiger partial charge in [-0.25, -0.2) is 9.99 Å². The van der Waals surface area contributed by atoms with Gasteiger partial charge in [0.15, 0.2) is 0 Å². The summed E-state index contributed by atoms with van der Waals surface area (Å²) in [5, 5.41) is 13.5. The van der Waals surface area contributed by atoms with Crippen LogP contribution in [0.15, 0.2) is 29.6 Å². The third-order valence-corrected chi connectivity index (χ3v) is 4.05. The molecule has 2 N–H and O–H groups in total. The van der Waals surface area contributed by atoms with Crippen LogP contribution in [0.3, 0.4) is 0 Å². The number of hydrazine groups is 1. The summed E-state index contributed by atoms with van der Waals surface area (Å²) in [6.45, 7) is 4.46. The third kappa shape index (κ3) is 6.27.